The maximum Gasteiger partial charge on any atom is 0.196 e. The van der Waals surface area contributed by atoms with Gasteiger partial charge in [0.2, 0.25) is 0 Å². The van der Waals surface area contributed by atoms with Crippen LogP contribution in [0.4, 0.5) is 4.39 Å². The lowest BCUT2D eigenvalue weighted by Crippen LogP contribution is -2.01. The van der Waals surface area contributed by atoms with E-state index >= 15 is 0 Å². The van der Waals surface area contributed by atoms with E-state index in [1.54, 1.807) is 19.1 Å². The fraction of sp³-hybridized carbons (Fsp3) is 0.154. The first kappa shape index (κ1) is 11.4. The standard InChI is InChI=1S/C13H11FN2O/c1-8-7-10(14)3-4-11(8)12-5-6-15-13(16-12)9(2)17/h3-7H,1-2H3. The molecule has 0 spiro atoms. The van der Waals surface area contributed by atoms with Crippen LogP contribution in [0.2, 0.25) is 0 Å². The summed E-state index contributed by atoms with van der Waals surface area (Å²) in [6.07, 6.45) is 1.53. The third-order valence-corrected chi connectivity index (χ3v) is 2.43. The average molecular weight is 230 g/mol. The summed E-state index contributed by atoms with van der Waals surface area (Å²) in [6.45, 7) is 3.21. The van der Waals surface area contributed by atoms with Gasteiger partial charge in [-0.25, -0.2) is 14.4 Å². The highest BCUT2D eigenvalue weighted by atomic mass is 19.1. The summed E-state index contributed by atoms with van der Waals surface area (Å²) in [7, 11) is 0. The lowest BCUT2D eigenvalue weighted by Gasteiger charge is -2.05. The van der Waals surface area contributed by atoms with Crippen LogP contribution in [-0.4, -0.2) is 15.8 Å². The van der Waals surface area contributed by atoms with Gasteiger partial charge in [0.1, 0.15) is 5.82 Å². The molecule has 0 atom stereocenters. The minimum atomic E-state index is -0.285. The van der Waals surface area contributed by atoms with E-state index in [0.29, 0.717) is 5.69 Å². The van der Waals surface area contributed by atoms with Crippen LogP contribution in [0.3, 0.4) is 0 Å². The summed E-state index contributed by atoms with van der Waals surface area (Å²) in [5.41, 5.74) is 2.21. The Balaban J connectivity index is 2.53. The third kappa shape index (κ3) is 2.36. The third-order valence-electron chi connectivity index (χ3n) is 2.43. The van der Waals surface area contributed by atoms with Gasteiger partial charge in [-0.1, -0.05) is 0 Å². The van der Waals surface area contributed by atoms with Crippen molar-refractivity contribution >= 4 is 5.78 Å². The predicted molar refractivity (Wildman–Crippen MR) is 62.2 cm³/mol. The Labute approximate surface area is 98.3 Å². The molecule has 2 aromatic rings. The van der Waals surface area contributed by atoms with E-state index < -0.39 is 0 Å². The molecule has 0 aliphatic carbocycles. The maximum atomic E-state index is 13.0. The number of aromatic nitrogens is 2. The van der Waals surface area contributed by atoms with Gasteiger partial charge >= 0.3 is 0 Å². The van der Waals surface area contributed by atoms with Crippen molar-refractivity contribution in [2.24, 2.45) is 0 Å². The number of benzene rings is 1. The van der Waals surface area contributed by atoms with E-state index in [0.717, 1.165) is 11.1 Å². The lowest BCUT2D eigenvalue weighted by atomic mass is 10.1. The molecule has 3 nitrogen and oxygen atoms in total. The van der Waals surface area contributed by atoms with Crippen molar-refractivity contribution in [1.82, 2.24) is 9.97 Å². The van der Waals surface area contributed by atoms with Gasteiger partial charge in [0.15, 0.2) is 11.6 Å². The molecule has 1 aromatic heterocycles. The fourth-order valence-electron chi connectivity index (χ4n) is 1.59. The molecular weight excluding hydrogens is 219 g/mol. The number of aryl methyl sites for hydroxylation is 1. The smallest absolute Gasteiger partial charge is 0.196 e. The highest BCUT2D eigenvalue weighted by Gasteiger charge is 2.08. The molecule has 86 valence electrons. The zero-order chi connectivity index (χ0) is 12.4. The van der Waals surface area contributed by atoms with Crippen molar-refractivity contribution in [3.63, 3.8) is 0 Å². The van der Waals surface area contributed by atoms with Gasteiger partial charge in [-0.2, -0.15) is 0 Å². The van der Waals surface area contributed by atoms with Crippen LogP contribution < -0.4 is 0 Å². The minimum absolute atomic E-state index is 0.172. The van der Waals surface area contributed by atoms with E-state index in [-0.39, 0.29) is 17.4 Å². The first-order valence-electron chi connectivity index (χ1n) is 5.18. The molecule has 0 aliphatic rings. The first-order valence-corrected chi connectivity index (χ1v) is 5.18. The Morgan fingerprint density at radius 2 is 2.06 bits per heavy atom. The number of hydrogen-bond acceptors (Lipinski definition) is 3. The Hall–Kier alpha value is -2.10. The van der Waals surface area contributed by atoms with Gasteiger partial charge in [0, 0.05) is 18.7 Å². The Morgan fingerprint density at radius 1 is 1.29 bits per heavy atom. The van der Waals surface area contributed by atoms with Gasteiger partial charge in [0.05, 0.1) is 5.69 Å². The number of ketones is 1. The highest BCUT2D eigenvalue weighted by molar-refractivity contribution is 5.90. The van der Waals surface area contributed by atoms with Crippen molar-refractivity contribution in [2.75, 3.05) is 0 Å². The van der Waals surface area contributed by atoms with Crippen molar-refractivity contribution < 1.29 is 9.18 Å². The van der Waals surface area contributed by atoms with Crippen LogP contribution in [0.1, 0.15) is 23.1 Å². The Morgan fingerprint density at radius 3 is 2.71 bits per heavy atom. The average Bonchev–Trinajstić information content (AvgIpc) is 2.29. The summed E-state index contributed by atoms with van der Waals surface area (Å²) in [5, 5.41) is 0. The highest BCUT2D eigenvalue weighted by Crippen LogP contribution is 2.21. The summed E-state index contributed by atoms with van der Waals surface area (Å²) in [6, 6.07) is 6.16. The monoisotopic (exact) mass is 230 g/mol. The molecule has 0 aliphatic heterocycles. The van der Waals surface area contributed by atoms with E-state index in [1.165, 1.54) is 25.3 Å². The molecule has 0 amide bonds. The lowest BCUT2D eigenvalue weighted by molar-refractivity contribution is 0.100. The molecule has 1 heterocycles. The Bertz CT molecular complexity index is 581. The number of nitrogens with zero attached hydrogens (tertiary/aromatic N) is 2. The van der Waals surface area contributed by atoms with Crippen LogP contribution in [0, 0.1) is 12.7 Å². The molecule has 0 radical (unpaired) electrons. The second-order valence-corrected chi connectivity index (χ2v) is 3.78. The largest absolute Gasteiger partial charge is 0.291 e. The number of Topliss-reactive ketones (excluding diaryl/α,β-unsaturated/α-hetero) is 1. The van der Waals surface area contributed by atoms with Crippen molar-refractivity contribution in [3.05, 3.63) is 47.7 Å². The number of carbonyl (C=O) groups excluding carboxylic acids is 1. The summed E-state index contributed by atoms with van der Waals surface area (Å²) in [5.74, 6) is -0.301. The number of halogens is 1. The summed E-state index contributed by atoms with van der Waals surface area (Å²) < 4.78 is 13.0. The van der Waals surface area contributed by atoms with Gasteiger partial charge in [-0.05, 0) is 36.8 Å². The van der Waals surface area contributed by atoms with Crippen molar-refractivity contribution in [3.8, 4) is 11.3 Å². The van der Waals surface area contributed by atoms with E-state index in [1.807, 2.05) is 0 Å². The van der Waals surface area contributed by atoms with Crippen LogP contribution in [0.25, 0.3) is 11.3 Å². The van der Waals surface area contributed by atoms with Crippen LogP contribution in [0.5, 0.6) is 0 Å². The second kappa shape index (κ2) is 4.41. The van der Waals surface area contributed by atoms with E-state index in [9.17, 15) is 9.18 Å². The molecule has 0 saturated heterocycles. The van der Waals surface area contributed by atoms with Gasteiger partial charge in [-0.3, -0.25) is 4.79 Å². The summed E-state index contributed by atoms with van der Waals surface area (Å²) in [4.78, 5) is 19.2. The van der Waals surface area contributed by atoms with Crippen LogP contribution in [-0.2, 0) is 0 Å². The maximum absolute atomic E-state index is 13.0. The molecule has 1 aromatic carbocycles. The molecule has 0 saturated carbocycles. The van der Waals surface area contributed by atoms with Gasteiger partial charge < -0.3 is 0 Å². The Kier molecular flexibility index (Phi) is 2.95. The predicted octanol–water partition coefficient (Wildman–Crippen LogP) is 2.79. The molecule has 0 fully saturated rings. The molecular formula is C13H11FN2O. The number of carbonyl (C=O) groups is 1. The minimum Gasteiger partial charge on any atom is -0.291 e. The molecule has 17 heavy (non-hydrogen) atoms. The van der Waals surface area contributed by atoms with Gasteiger partial charge in [-0.15, -0.1) is 0 Å². The van der Waals surface area contributed by atoms with E-state index in [2.05, 4.69) is 9.97 Å². The summed E-state index contributed by atoms with van der Waals surface area (Å²) >= 11 is 0. The topological polar surface area (TPSA) is 42.9 Å². The zero-order valence-corrected chi connectivity index (χ0v) is 9.57. The normalized spacial score (nSPS) is 10.3. The molecule has 2 rings (SSSR count). The second-order valence-electron chi connectivity index (χ2n) is 3.78. The SMILES string of the molecule is CC(=O)c1nccc(-c2ccc(F)cc2C)n1. The van der Waals surface area contributed by atoms with E-state index in [4.69, 9.17) is 0 Å². The zero-order valence-electron chi connectivity index (χ0n) is 9.57. The number of rotatable bonds is 2. The van der Waals surface area contributed by atoms with Crippen LogP contribution >= 0.6 is 0 Å². The first-order chi connectivity index (χ1) is 8.08. The van der Waals surface area contributed by atoms with Crippen LogP contribution in [0.15, 0.2) is 30.5 Å². The number of hydrogen-bond donors (Lipinski definition) is 0. The molecule has 0 bridgehead atoms. The van der Waals surface area contributed by atoms with Gasteiger partial charge in [0.25, 0.3) is 0 Å². The van der Waals surface area contributed by atoms with Crippen molar-refractivity contribution in [2.45, 2.75) is 13.8 Å². The van der Waals surface area contributed by atoms with Crippen molar-refractivity contribution in [1.29, 1.82) is 0 Å². The molecule has 4 heteroatoms. The molecule has 0 unspecified atom stereocenters. The fourth-order valence-corrected chi connectivity index (χ4v) is 1.59. The molecule has 0 N–H and O–H groups in total. The quantitative estimate of drug-likeness (QED) is 0.745.